The minimum atomic E-state index is -3.11. The Morgan fingerprint density at radius 1 is 1.21 bits per heavy atom. The summed E-state index contributed by atoms with van der Waals surface area (Å²) in [4.78, 5) is 2.78. The molecular weight excluding hydrogens is 260 g/mol. The molecule has 1 saturated heterocycles. The summed E-state index contributed by atoms with van der Waals surface area (Å²) in [7, 11) is -3.11. The van der Waals surface area contributed by atoms with Crippen molar-refractivity contribution in [1.82, 2.24) is 4.90 Å². The predicted molar refractivity (Wildman–Crippen MR) is 76.7 cm³/mol. The lowest BCUT2D eigenvalue weighted by Gasteiger charge is -2.35. The molecule has 1 heterocycles. The van der Waals surface area contributed by atoms with Crippen molar-refractivity contribution in [2.75, 3.05) is 19.3 Å². The molecule has 1 fully saturated rings. The molecule has 0 spiro atoms. The van der Waals surface area contributed by atoms with E-state index in [0.29, 0.717) is 17.0 Å². The van der Waals surface area contributed by atoms with E-state index in [9.17, 15) is 8.42 Å². The van der Waals surface area contributed by atoms with Gasteiger partial charge in [-0.2, -0.15) is 0 Å². The van der Waals surface area contributed by atoms with Crippen molar-refractivity contribution in [2.24, 2.45) is 5.73 Å². The van der Waals surface area contributed by atoms with E-state index in [1.807, 2.05) is 12.1 Å². The zero-order chi connectivity index (χ0) is 14.0. The summed E-state index contributed by atoms with van der Waals surface area (Å²) in [6, 6.07) is 7.84. The summed E-state index contributed by atoms with van der Waals surface area (Å²) in [5.74, 6) is 0. The zero-order valence-electron chi connectivity index (χ0n) is 11.5. The Balaban J connectivity index is 2.09. The maximum absolute atomic E-state index is 11.4. The SMILES string of the molecule is CC(c1ccc(S(C)(=O)=O)cc1)N1CCC(N)CC1. The lowest BCUT2D eigenvalue weighted by atomic mass is 10.0. The van der Waals surface area contributed by atoms with E-state index < -0.39 is 9.84 Å². The van der Waals surface area contributed by atoms with Crippen molar-refractivity contribution in [3.05, 3.63) is 29.8 Å². The number of hydrogen-bond acceptors (Lipinski definition) is 4. The highest BCUT2D eigenvalue weighted by Gasteiger charge is 2.21. The van der Waals surface area contributed by atoms with Gasteiger partial charge in [-0.15, -0.1) is 0 Å². The van der Waals surface area contributed by atoms with Crippen molar-refractivity contribution < 1.29 is 8.42 Å². The highest BCUT2D eigenvalue weighted by Crippen LogP contribution is 2.24. The fourth-order valence-corrected chi connectivity index (χ4v) is 3.14. The molecule has 1 atom stereocenters. The smallest absolute Gasteiger partial charge is 0.175 e. The van der Waals surface area contributed by atoms with Crippen LogP contribution in [0, 0.1) is 0 Å². The van der Waals surface area contributed by atoms with E-state index in [4.69, 9.17) is 5.73 Å². The van der Waals surface area contributed by atoms with Gasteiger partial charge in [0.2, 0.25) is 0 Å². The summed E-state index contributed by atoms with van der Waals surface area (Å²) in [6.45, 7) is 4.18. The summed E-state index contributed by atoms with van der Waals surface area (Å²) >= 11 is 0. The largest absolute Gasteiger partial charge is 0.328 e. The van der Waals surface area contributed by atoms with Crippen LogP contribution >= 0.6 is 0 Å². The van der Waals surface area contributed by atoms with E-state index in [0.717, 1.165) is 31.5 Å². The van der Waals surface area contributed by atoms with Gasteiger partial charge in [-0.3, -0.25) is 4.90 Å². The van der Waals surface area contributed by atoms with Crippen LogP contribution in [-0.4, -0.2) is 38.7 Å². The molecule has 0 amide bonds. The number of hydrogen-bond donors (Lipinski definition) is 1. The minimum Gasteiger partial charge on any atom is -0.328 e. The van der Waals surface area contributed by atoms with Crippen LogP contribution in [0.2, 0.25) is 0 Å². The summed E-state index contributed by atoms with van der Waals surface area (Å²) < 4.78 is 22.9. The Kier molecular flexibility index (Phi) is 4.28. The summed E-state index contributed by atoms with van der Waals surface area (Å²) in [5.41, 5.74) is 7.07. The number of sulfone groups is 1. The summed E-state index contributed by atoms with van der Waals surface area (Å²) in [5, 5.41) is 0. The fraction of sp³-hybridized carbons (Fsp3) is 0.571. The molecule has 1 aliphatic heterocycles. The number of nitrogens with zero attached hydrogens (tertiary/aromatic N) is 1. The minimum absolute atomic E-state index is 0.307. The third-order valence-electron chi connectivity index (χ3n) is 3.91. The van der Waals surface area contributed by atoms with Crippen LogP contribution in [0.3, 0.4) is 0 Å². The van der Waals surface area contributed by atoms with E-state index >= 15 is 0 Å². The van der Waals surface area contributed by atoms with E-state index in [-0.39, 0.29) is 0 Å². The van der Waals surface area contributed by atoms with E-state index in [1.165, 1.54) is 6.26 Å². The molecule has 1 aliphatic rings. The molecule has 2 N–H and O–H groups in total. The molecular formula is C14H22N2O2S. The summed E-state index contributed by atoms with van der Waals surface area (Å²) in [6.07, 6.45) is 3.30. The van der Waals surface area contributed by atoms with Crippen LogP contribution < -0.4 is 5.73 Å². The Hall–Kier alpha value is -0.910. The van der Waals surface area contributed by atoms with Gasteiger partial charge in [-0.1, -0.05) is 12.1 Å². The second-order valence-corrected chi connectivity index (χ2v) is 7.41. The molecule has 2 rings (SSSR count). The topological polar surface area (TPSA) is 63.4 Å². The molecule has 0 bridgehead atoms. The Morgan fingerprint density at radius 2 is 1.74 bits per heavy atom. The fourth-order valence-electron chi connectivity index (χ4n) is 2.51. The van der Waals surface area contributed by atoms with Crippen LogP contribution in [0.5, 0.6) is 0 Å². The highest BCUT2D eigenvalue weighted by molar-refractivity contribution is 7.90. The molecule has 5 heteroatoms. The monoisotopic (exact) mass is 282 g/mol. The maximum atomic E-state index is 11.4. The molecule has 1 unspecified atom stereocenters. The van der Waals surface area contributed by atoms with Gasteiger partial charge in [0.25, 0.3) is 0 Å². The third-order valence-corrected chi connectivity index (χ3v) is 5.04. The quantitative estimate of drug-likeness (QED) is 0.914. The van der Waals surface area contributed by atoms with Crippen LogP contribution in [0.1, 0.15) is 31.4 Å². The predicted octanol–water partition coefficient (Wildman–Crippen LogP) is 1.57. The van der Waals surface area contributed by atoms with Crippen molar-refractivity contribution in [3.63, 3.8) is 0 Å². The number of piperidine rings is 1. The van der Waals surface area contributed by atoms with E-state index in [1.54, 1.807) is 12.1 Å². The van der Waals surface area contributed by atoms with E-state index in [2.05, 4.69) is 11.8 Å². The zero-order valence-corrected chi connectivity index (χ0v) is 12.4. The van der Waals surface area contributed by atoms with Gasteiger partial charge >= 0.3 is 0 Å². The van der Waals surface area contributed by atoms with Crippen LogP contribution in [-0.2, 0) is 9.84 Å². The molecule has 106 valence electrons. The van der Waals surface area contributed by atoms with Gasteiger partial charge < -0.3 is 5.73 Å². The highest BCUT2D eigenvalue weighted by atomic mass is 32.2. The van der Waals surface area contributed by atoms with Gasteiger partial charge in [0.05, 0.1) is 4.90 Å². The maximum Gasteiger partial charge on any atom is 0.175 e. The van der Waals surface area contributed by atoms with Crippen LogP contribution in [0.25, 0.3) is 0 Å². The Morgan fingerprint density at radius 3 is 2.21 bits per heavy atom. The number of rotatable bonds is 3. The second kappa shape index (κ2) is 5.61. The van der Waals surface area contributed by atoms with Crippen LogP contribution in [0.4, 0.5) is 0 Å². The average molecular weight is 282 g/mol. The number of benzene rings is 1. The molecule has 4 nitrogen and oxygen atoms in total. The molecule has 1 aromatic carbocycles. The molecule has 0 aliphatic carbocycles. The second-order valence-electron chi connectivity index (χ2n) is 5.39. The van der Waals surface area contributed by atoms with Gasteiger partial charge in [0.1, 0.15) is 0 Å². The first kappa shape index (κ1) is 14.5. The van der Waals surface area contributed by atoms with Gasteiger partial charge in [0, 0.05) is 31.4 Å². The first-order chi connectivity index (χ1) is 8.88. The first-order valence-electron chi connectivity index (χ1n) is 6.67. The Bertz CT molecular complexity index is 517. The number of nitrogens with two attached hydrogens (primary N) is 1. The van der Waals surface area contributed by atoms with Gasteiger partial charge in [-0.05, 0) is 37.5 Å². The lowest BCUT2D eigenvalue weighted by Crippen LogP contribution is -2.40. The van der Waals surface area contributed by atoms with Gasteiger partial charge in [0.15, 0.2) is 9.84 Å². The lowest BCUT2D eigenvalue weighted by molar-refractivity contribution is 0.163. The molecule has 19 heavy (non-hydrogen) atoms. The molecule has 0 saturated carbocycles. The molecule has 0 aromatic heterocycles. The third kappa shape index (κ3) is 3.55. The Labute approximate surface area is 115 Å². The molecule has 1 aromatic rings. The van der Waals surface area contributed by atoms with Gasteiger partial charge in [-0.25, -0.2) is 8.42 Å². The van der Waals surface area contributed by atoms with Crippen molar-refractivity contribution in [3.8, 4) is 0 Å². The average Bonchev–Trinajstić information content (AvgIpc) is 2.38. The van der Waals surface area contributed by atoms with Crippen molar-refractivity contribution in [1.29, 1.82) is 0 Å². The number of likely N-dealkylation sites (tertiary alicyclic amines) is 1. The van der Waals surface area contributed by atoms with Crippen molar-refractivity contribution >= 4 is 9.84 Å². The first-order valence-corrected chi connectivity index (χ1v) is 8.56. The molecule has 0 radical (unpaired) electrons. The normalized spacial score (nSPS) is 20.4. The van der Waals surface area contributed by atoms with Crippen LogP contribution in [0.15, 0.2) is 29.2 Å². The standard InChI is InChI=1S/C14H22N2O2S/c1-11(16-9-7-13(15)8-10-16)12-3-5-14(6-4-12)19(2,17)18/h3-6,11,13H,7-10,15H2,1-2H3. The van der Waals surface area contributed by atoms with Crippen molar-refractivity contribution in [2.45, 2.75) is 36.7 Å².